The Morgan fingerprint density at radius 3 is 2.54 bits per heavy atom. The van der Waals surface area contributed by atoms with Crippen LogP contribution in [0.4, 0.5) is 8.78 Å². The summed E-state index contributed by atoms with van der Waals surface area (Å²) in [7, 11) is -2.35. The average molecular weight is 422 g/mol. The molecule has 11 heteroatoms. The first kappa shape index (κ1) is 22.3. The first-order chi connectivity index (χ1) is 13.1. The van der Waals surface area contributed by atoms with E-state index in [0.717, 1.165) is 0 Å². The number of sulfonamides is 1. The van der Waals surface area contributed by atoms with Crippen molar-refractivity contribution in [1.82, 2.24) is 9.62 Å². The molecule has 0 saturated carbocycles. The van der Waals surface area contributed by atoms with Gasteiger partial charge in [-0.25, -0.2) is 8.42 Å². The van der Waals surface area contributed by atoms with Crippen molar-refractivity contribution in [2.24, 2.45) is 0 Å². The number of ether oxygens (including phenoxy) is 3. The summed E-state index contributed by atoms with van der Waals surface area (Å²) in [5.41, 5.74) is -0.175. The second-order valence-corrected chi connectivity index (χ2v) is 8.45. The van der Waals surface area contributed by atoms with E-state index >= 15 is 0 Å². The average Bonchev–Trinajstić information content (AvgIpc) is 2.60. The third-order valence-electron chi connectivity index (χ3n) is 4.08. The Balaban J connectivity index is 2.02. The van der Waals surface area contributed by atoms with E-state index < -0.39 is 28.3 Å². The summed E-state index contributed by atoms with van der Waals surface area (Å²) in [6.07, 6.45) is -0.446. The molecule has 0 aromatic heterocycles. The van der Waals surface area contributed by atoms with Gasteiger partial charge < -0.3 is 19.5 Å². The zero-order valence-corrected chi connectivity index (χ0v) is 16.7. The van der Waals surface area contributed by atoms with E-state index in [2.05, 4.69) is 10.1 Å². The molecule has 0 bridgehead atoms. The predicted octanol–water partition coefficient (Wildman–Crippen LogP) is 1.47. The molecule has 1 aliphatic rings. The number of nitrogens with one attached hydrogen (secondary N) is 1. The minimum Gasteiger partial charge on any atom is -0.493 e. The Morgan fingerprint density at radius 2 is 1.96 bits per heavy atom. The normalized spacial score (nSPS) is 20.8. The maximum atomic E-state index is 12.7. The van der Waals surface area contributed by atoms with Crippen LogP contribution in [0.1, 0.15) is 24.2 Å². The zero-order valence-electron chi connectivity index (χ0n) is 15.9. The summed E-state index contributed by atoms with van der Waals surface area (Å²) in [6.45, 7) is 0.715. The molecule has 1 aromatic carbocycles. The van der Waals surface area contributed by atoms with Gasteiger partial charge in [-0.1, -0.05) is 6.07 Å². The summed E-state index contributed by atoms with van der Waals surface area (Å²) in [6, 6.07) is 4.11. The van der Waals surface area contributed by atoms with Crippen molar-refractivity contribution in [3.63, 3.8) is 0 Å². The molecule has 1 fully saturated rings. The lowest BCUT2D eigenvalue weighted by Gasteiger charge is -2.34. The number of hydrogen-bond donors (Lipinski definition) is 1. The highest BCUT2D eigenvalue weighted by Gasteiger charge is 2.31. The first-order valence-electron chi connectivity index (χ1n) is 8.67. The molecule has 158 valence electrons. The molecule has 8 nitrogen and oxygen atoms in total. The molecular weight excluding hydrogens is 398 g/mol. The van der Waals surface area contributed by atoms with Crippen molar-refractivity contribution in [1.29, 1.82) is 0 Å². The number of amides is 1. The van der Waals surface area contributed by atoms with Crippen molar-refractivity contribution >= 4 is 15.9 Å². The van der Waals surface area contributed by atoms with Gasteiger partial charge in [0.2, 0.25) is 10.0 Å². The van der Waals surface area contributed by atoms with Crippen LogP contribution in [0.15, 0.2) is 18.2 Å². The van der Waals surface area contributed by atoms with Crippen molar-refractivity contribution < 1.29 is 36.2 Å². The lowest BCUT2D eigenvalue weighted by Crippen LogP contribution is -2.49. The van der Waals surface area contributed by atoms with E-state index in [-0.39, 0.29) is 48.9 Å². The largest absolute Gasteiger partial charge is 0.493 e. The summed E-state index contributed by atoms with van der Waals surface area (Å²) in [4.78, 5) is 12.4. The molecule has 28 heavy (non-hydrogen) atoms. The summed E-state index contributed by atoms with van der Waals surface area (Å²) < 4.78 is 66.5. The van der Waals surface area contributed by atoms with E-state index in [1.54, 1.807) is 13.8 Å². The Hall–Kier alpha value is -1.98. The Morgan fingerprint density at radius 1 is 1.32 bits per heavy atom. The number of nitrogens with zero attached hydrogens (tertiary/aromatic N) is 1. The molecule has 0 radical (unpaired) electrons. The SMILES string of the molecule is COc1cccc(C(=O)NCCS(=O)(=O)N2CC(C)OC(C)C2)c1OC(F)F. The van der Waals surface area contributed by atoms with Gasteiger partial charge in [0, 0.05) is 19.6 Å². The topological polar surface area (TPSA) is 94.2 Å². The molecule has 2 unspecified atom stereocenters. The standard InChI is InChI=1S/C17H24F2N2O6S/c1-11-9-21(10-12(2)26-11)28(23,24)8-7-20-16(22)13-5-4-6-14(25-3)15(13)27-17(18)19/h4-6,11-12,17H,7-10H2,1-3H3,(H,20,22). The highest BCUT2D eigenvalue weighted by molar-refractivity contribution is 7.89. The van der Waals surface area contributed by atoms with Crippen molar-refractivity contribution in [3.05, 3.63) is 23.8 Å². The maximum Gasteiger partial charge on any atom is 0.387 e. The second-order valence-electron chi connectivity index (χ2n) is 6.36. The monoisotopic (exact) mass is 422 g/mol. The Kier molecular flexibility index (Phi) is 7.55. The van der Waals surface area contributed by atoms with Crippen LogP contribution in [0, 0.1) is 0 Å². The van der Waals surface area contributed by atoms with Crippen LogP contribution >= 0.6 is 0 Å². The molecule has 2 atom stereocenters. The van der Waals surface area contributed by atoms with Crippen molar-refractivity contribution in [3.8, 4) is 11.5 Å². The summed E-state index contributed by atoms with van der Waals surface area (Å²) >= 11 is 0. The minimum absolute atomic E-state index is 0.0307. The smallest absolute Gasteiger partial charge is 0.387 e. The van der Waals surface area contributed by atoms with Gasteiger partial charge in [0.05, 0.1) is 30.6 Å². The maximum absolute atomic E-state index is 12.7. The van der Waals surface area contributed by atoms with Gasteiger partial charge in [-0.15, -0.1) is 0 Å². The number of carbonyl (C=O) groups excluding carboxylic acids is 1. The first-order valence-corrected chi connectivity index (χ1v) is 10.3. The molecule has 0 aliphatic carbocycles. The van der Waals surface area contributed by atoms with E-state index in [9.17, 15) is 22.0 Å². The number of benzene rings is 1. The fraction of sp³-hybridized carbons (Fsp3) is 0.588. The number of para-hydroxylation sites is 1. The van der Waals surface area contributed by atoms with Crippen LogP contribution in [-0.4, -0.2) is 69.9 Å². The summed E-state index contributed by atoms with van der Waals surface area (Å²) in [5.74, 6) is -1.51. The number of halogens is 2. The predicted molar refractivity (Wildman–Crippen MR) is 97.3 cm³/mol. The number of alkyl halides is 2. The molecule has 1 aromatic rings. The van der Waals surface area contributed by atoms with Gasteiger partial charge in [0.1, 0.15) is 0 Å². The van der Waals surface area contributed by atoms with Crippen LogP contribution in [0.5, 0.6) is 11.5 Å². The molecule has 1 heterocycles. The Bertz CT molecular complexity index is 780. The number of rotatable bonds is 8. The highest BCUT2D eigenvalue weighted by Crippen LogP contribution is 2.32. The fourth-order valence-electron chi connectivity index (χ4n) is 2.94. The van der Waals surface area contributed by atoms with Crippen LogP contribution in [0.25, 0.3) is 0 Å². The van der Waals surface area contributed by atoms with E-state index in [4.69, 9.17) is 9.47 Å². The molecule has 1 N–H and O–H groups in total. The van der Waals surface area contributed by atoms with Gasteiger partial charge in [-0.3, -0.25) is 4.79 Å². The van der Waals surface area contributed by atoms with Crippen molar-refractivity contribution in [2.75, 3.05) is 32.5 Å². The van der Waals surface area contributed by atoms with Crippen LogP contribution in [0.2, 0.25) is 0 Å². The minimum atomic E-state index is -3.61. The zero-order chi connectivity index (χ0) is 20.9. The summed E-state index contributed by atoms with van der Waals surface area (Å²) in [5, 5.41) is 2.43. The van der Waals surface area contributed by atoms with Gasteiger partial charge in [0.15, 0.2) is 11.5 Å². The second kappa shape index (κ2) is 9.48. The molecular formula is C17H24F2N2O6S. The number of morpholine rings is 1. The van der Waals surface area contributed by atoms with Gasteiger partial charge in [-0.05, 0) is 26.0 Å². The number of hydrogen-bond acceptors (Lipinski definition) is 6. The fourth-order valence-corrected chi connectivity index (χ4v) is 4.43. The third kappa shape index (κ3) is 5.76. The van der Waals surface area contributed by atoms with Crippen LogP contribution in [-0.2, 0) is 14.8 Å². The van der Waals surface area contributed by atoms with Gasteiger partial charge in [-0.2, -0.15) is 13.1 Å². The molecule has 0 spiro atoms. The number of carbonyl (C=O) groups is 1. The third-order valence-corrected chi connectivity index (χ3v) is 5.88. The van der Waals surface area contributed by atoms with E-state index in [0.29, 0.717) is 0 Å². The van der Waals surface area contributed by atoms with Gasteiger partial charge >= 0.3 is 6.61 Å². The van der Waals surface area contributed by atoms with Crippen LogP contribution < -0.4 is 14.8 Å². The quantitative estimate of drug-likeness (QED) is 0.682. The highest BCUT2D eigenvalue weighted by atomic mass is 32.2. The number of methoxy groups -OCH3 is 1. The molecule has 2 rings (SSSR count). The molecule has 1 aliphatic heterocycles. The van der Waals surface area contributed by atoms with Crippen molar-refractivity contribution in [2.45, 2.75) is 32.7 Å². The van der Waals surface area contributed by atoms with Gasteiger partial charge in [0.25, 0.3) is 5.91 Å². The molecule has 1 saturated heterocycles. The molecule has 1 amide bonds. The lowest BCUT2D eigenvalue weighted by molar-refractivity contribution is -0.0515. The van der Waals surface area contributed by atoms with E-state index in [1.165, 1.54) is 29.6 Å². The van der Waals surface area contributed by atoms with Crippen LogP contribution in [0.3, 0.4) is 0 Å². The van der Waals surface area contributed by atoms with E-state index in [1.807, 2.05) is 0 Å². The lowest BCUT2D eigenvalue weighted by atomic mass is 10.1. The Labute approximate surface area is 162 Å².